The lowest BCUT2D eigenvalue weighted by molar-refractivity contribution is -0.0416. The number of benzene rings is 2. The molecular weight excluding hydrogens is 527 g/mol. The van der Waals surface area contributed by atoms with Crippen LogP contribution in [0.25, 0.3) is 0 Å². The average molecular weight is 569 g/mol. The van der Waals surface area contributed by atoms with Crippen LogP contribution in [-0.2, 0) is 13.9 Å². The van der Waals surface area contributed by atoms with Crippen molar-refractivity contribution < 1.29 is 13.9 Å². The van der Waals surface area contributed by atoms with Crippen LogP contribution in [0, 0.1) is 5.92 Å². The summed E-state index contributed by atoms with van der Waals surface area (Å²) in [5.74, 6) is 0.624. The van der Waals surface area contributed by atoms with Gasteiger partial charge in [0, 0.05) is 18.1 Å². The summed E-state index contributed by atoms with van der Waals surface area (Å²) in [6, 6.07) is 21.8. The first-order valence-electron chi connectivity index (χ1n) is 11.8. The number of unbranched alkanes of at least 4 members (excludes halogenated alkanes) is 3. The van der Waals surface area contributed by atoms with Gasteiger partial charge in [0.1, 0.15) is 6.79 Å². The lowest BCUT2D eigenvalue weighted by atomic mass is 10.0. The van der Waals surface area contributed by atoms with Crippen molar-refractivity contribution in [2.24, 2.45) is 5.92 Å². The molecule has 178 valence electrons. The molecular formula is C27H41IO3Si. The van der Waals surface area contributed by atoms with E-state index in [0.29, 0.717) is 12.7 Å². The van der Waals surface area contributed by atoms with E-state index in [-0.39, 0.29) is 5.04 Å². The molecule has 0 heterocycles. The SMILES string of the molecule is COCOCC(CI)CCCCCCO[Si](c1ccccc1)(c1ccccc1)C(C)(C)C. The Balaban J connectivity index is 1.95. The predicted molar refractivity (Wildman–Crippen MR) is 147 cm³/mol. The maximum absolute atomic E-state index is 6.98. The Kier molecular flexibility index (Phi) is 12.5. The number of hydrogen-bond acceptors (Lipinski definition) is 3. The molecule has 0 saturated carbocycles. The zero-order valence-electron chi connectivity index (χ0n) is 20.3. The van der Waals surface area contributed by atoms with Crippen LogP contribution in [0.2, 0.25) is 5.04 Å². The Labute approximate surface area is 210 Å². The summed E-state index contributed by atoms with van der Waals surface area (Å²) in [6.07, 6.45) is 6.05. The molecule has 32 heavy (non-hydrogen) atoms. The van der Waals surface area contributed by atoms with E-state index in [9.17, 15) is 0 Å². The lowest BCUT2D eigenvalue weighted by Crippen LogP contribution is -2.66. The number of alkyl halides is 1. The first-order valence-corrected chi connectivity index (χ1v) is 15.3. The maximum atomic E-state index is 6.98. The van der Waals surface area contributed by atoms with E-state index in [2.05, 4.69) is 104 Å². The lowest BCUT2D eigenvalue weighted by Gasteiger charge is -2.43. The van der Waals surface area contributed by atoms with Crippen molar-refractivity contribution >= 4 is 41.3 Å². The standard InChI is InChI=1S/C27H41IO3Si/c1-27(2,3)32(25-16-10-7-11-17-25,26-18-12-8-13-19-26)31-20-14-6-5-9-15-24(21-28)22-30-23-29-4/h7-8,10-13,16-19,24H,5-6,9,14-15,20-23H2,1-4H3. The van der Waals surface area contributed by atoms with E-state index >= 15 is 0 Å². The summed E-state index contributed by atoms with van der Waals surface area (Å²) in [5, 5.41) is 2.77. The molecule has 0 spiro atoms. The number of rotatable bonds is 15. The van der Waals surface area contributed by atoms with Crippen LogP contribution in [0.3, 0.4) is 0 Å². The second-order valence-corrected chi connectivity index (χ2v) is 14.7. The highest BCUT2D eigenvalue weighted by atomic mass is 127. The zero-order valence-corrected chi connectivity index (χ0v) is 23.5. The molecule has 0 aliphatic carbocycles. The van der Waals surface area contributed by atoms with Gasteiger partial charge in [0.2, 0.25) is 0 Å². The summed E-state index contributed by atoms with van der Waals surface area (Å²) in [7, 11) is -0.715. The van der Waals surface area contributed by atoms with Gasteiger partial charge >= 0.3 is 0 Å². The van der Waals surface area contributed by atoms with E-state index < -0.39 is 8.32 Å². The quantitative estimate of drug-likeness (QED) is 0.0844. The Bertz CT molecular complexity index is 694. The highest BCUT2D eigenvalue weighted by molar-refractivity contribution is 14.1. The molecule has 3 nitrogen and oxygen atoms in total. The summed E-state index contributed by atoms with van der Waals surface area (Å²) < 4.78 is 18.7. The van der Waals surface area contributed by atoms with E-state index in [1.807, 2.05) is 0 Å². The molecule has 0 aromatic heterocycles. The van der Waals surface area contributed by atoms with Gasteiger partial charge in [-0.15, -0.1) is 0 Å². The third-order valence-electron chi connectivity index (χ3n) is 6.02. The number of ether oxygens (including phenoxy) is 2. The van der Waals surface area contributed by atoms with Crippen molar-refractivity contribution in [1.82, 2.24) is 0 Å². The fourth-order valence-electron chi connectivity index (χ4n) is 4.38. The van der Waals surface area contributed by atoms with Gasteiger partial charge in [0.25, 0.3) is 8.32 Å². The molecule has 0 amide bonds. The van der Waals surface area contributed by atoms with Crippen LogP contribution in [0.5, 0.6) is 0 Å². The molecule has 0 aliphatic rings. The largest absolute Gasteiger partial charge is 0.407 e. The van der Waals surface area contributed by atoms with Crippen molar-refractivity contribution in [1.29, 1.82) is 0 Å². The van der Waals surface area contributed by atoms with Crippen LogP contribution in [0.1, 0.15) is 52.9 Å². The van der Waals surface area contributed by atoms with Crippen molar-refractivity contribution in [3.05, 3.63) is 60.7 Å². The van der Waals surface area contributed by atoms with E-state index in [1.165, 1.54) is 36.1 Å². The number of methoxy groups -OCH3 is 1. The second kappa shape index (κ2) is 14.5. The molecule has 0 fully saturated rings. The molecule has 1 atom stereocenters. The van der Waals surface area contributed by atoms with Crippen molar-refractivity contribution in [3.63, 3.8) is 0 Å². The van der Waals surface area contributed by atoms with Gasteiger partial charge in [0.15, 0.2) is 0 Å². The van der Waals surface area contributed by atoms with Gasteiger partial charge in [-0.25, -0.2) is 0 Å². The first kappa shape index (κ1) is 27.5. The van der Waals surface area contributed by atoms with Crippen molar-refractivity contribution in [2.75, 3.05) is 31.5 Å². The van der Waals surface area contributed by atoms with Crippen LogP contribution in [0.15, 0.2) is 60.7 Å². The number of halogens is 1. The first-order chi connectivity index (χ1) is 15.5. The highest BCUT2D eigenvalue weighted by Crippen LogP contribution is 2.36. The molecule has 0 bridgehead atoms. The van der Waals surface area contributed by atoms with Crippen LogP contribution in [0.4, 0.5) is 0 Å². The molecule has 5 heteroatoms. The molecule has 2 aromatic carbocycles. The fourth-order valence-corrected chi connectivity index (χ4v) is 9.68. The van der Waals surface area contributed by atoms with Gasteiger partial charge in [-0.3, -0.25) is 0 Å². The fraction of sp³-hybridized carbons (Fsp3) is 0.556. The van der Waals surface area contributed by atoms with Gasteiger partial charge in [-0.05, 0) is 34.2 Å². The normalized spacial score (nSPS) is 13.3. The molecule has 2 aromatic rings. The zero-order chi connectivity index (χ0) is 23.3. The maximum Gasteiger partial charge on any atom is 0.261 e. The second-order valence-electron chi connectivity index (χ2n) is 9.51. The third-order valence-corrected chi connectivity index (χ3v) is 12.3. The smallest absolute Gasteiger partial charge is 0.261 e. The van der Waals surface area contributed by atoms with Gasteiger partial charge < -0.3 is 13.9 Å². The minimum absolute atomic E-state index is 0.0470. The molecule has 0 N–H and O–H groups in total. The minimum atomic E-state index is -2.39. The van der Waals surface area contributed by atoms with Crippen LogP contribution in [-0.4, -0.2) is 39.9 Å². The highest BCUT2D eigenvalue weighted by Gasteiger charge is 2.49. The van der Waals surface area contributed by atoms with Crippen molar-refractivity contribution in [3.8, 4) is 0 Å². The van der Waals surface area contributed by atoms with Crippen LogP contribution >= 0.6 is 22.6 Å². The monoisotopic (exact) mass is 568 g/mol. The molecule has 0 saturated heterocycles. The third kappa shape index (κ3) is 7.94. The minimum Gasteiger partial charge on any atom is -0.407 e. The Morgan fingerprint density at radius 2 is 1.41 bits per heavy atom. The molecule has 1 unspecified atom stereocenters. The predicted octanol–water partition coefficient (Wildman–Crippen LogP) is 6.19. The average Bonchev–Trinajstić information content (AvgIpc) is 2.80. The molecule has 2 rings (SSSR count). The Morgan fingerprint density at radius 3 is 1.91 bits per heavy atom. The van der Waals surface area contributed by atoms with Gasteiger partial charge in [-0.2, -0.15) is 0 Å². The van der Waals surface area contributed by atoms with E-state index in [4.69, 9.17) is 13.9 Å². The van der Waals surface area contributed by atoms with E-state index in [0.717, 1.165) is 24.1 Å². The van der Waals surface area contributed by atoms with Crippen LogP contribution < -0.4 is 10.4 Å². The van der Waals surface area contributed by atoms with Gasteiger partial charge in [-0.1, -0.05) is 123 Å². The molecule has 0 radical (unpaired) electrons. The summed E-state index contributed by atoms with van der Waals surface area (Å²) in [6.45, 7) is 9.04. The summed E-state index contributed by atoms with van der Waals surface area (Å²) in [5.41, 5.74) is 0. The van der Waals surface area contributed by atoms with E-state index in [1.54, 1.807) is 7.11 Å². The molecule has 0 aliphatic heterocycles. The Hall–Kier alpha value is -0.733. The topological polar surface area (TPSA) is 27.7 Å². The summed E-state index contributed by atoms with van der Waals surface area (Å²) >= 11 is 2.47. The summed E-state index contributed by atoms with van der Waals surface area (Å²) in [4.78, 5) is 0. The van der Waals surface area contributed by atoms with Gasteiger partial charge in [0.05, 0.1) is 6.61 Å². The van der Waals surface area contributed by atoms with Crippen molar-refractivity contribution in [2.45, 2.75) is 57.9 Å². The Morgan fingerprint density at radius 1 is 0.844 bits per heavy atom. The number of hydrogen-bond donors (Lipinski definition) is 0.